The van der Waals surface area contributed by atoms with Crippen LogP contribution in [0.4, 0.5) is 0 Å². The first-order valence-corrected chi connectivity index (χ1v) is 9.41. The third-order valence-corrected chi connectivity index (χ3v) is 5.53. The fourth-order valence-corrected chi connectivity index (χ4v) is 4.15. The molecule has 142 valence electrons. The van der Waals surface area contributed by atoms with E-state index in [1.165, 1.54) is 23.5 Å². The highest BCUT2D eigenvalue weighted by atomic mass is 32.1. The molecule has 2 aromatic carbocycles. The minimum atomic E-state index is -1.23. The second kappa shape index (κ2) is 6.32. The molecule has 0 bridgehead atoms. The van der Waals surface area contributed by atoms with Crippen molar-refractivity contribution in [2.75, 3.05) is 0 Å². The number of carboxylic acid groups (broad SMARTS) is 1. The molecule has 5 aromatic rings. The first-order valence-electron chi connectivity index (χ1n) is 8.59. The summed E-state index contributed by atoms with van der Waals surface area (Å²) in [6.45, 7) is 0. The van der Waals surface area contributed by atoms with Gasteiger partial charge in [-0.2, -0.15) is 0 Å². The summed E-state index contributed by atoms with van der Waals surface area (Å²) in [5.74, 6) is -0.661. The second-order valence-corrected chi connectivity index (χ2v) is 7.38. The molecule has 0 amide bonds. The quantitative estimate of drug-likeness (QED) is 0.479. The molecule has 0 radical (unpaired) electrons. The molecule has 0 atom stereocenters. The van der Waals surface area contributed by atoms with Crippen LogP contribution < -0.4 is 10.1 Å². The first-order chi connectivity index (χ1) is 14.0. The number of aromatic nitrogens is 2. The molecule has 3 heterocycles. The van der Waals surface area contributed by atoms with Crippen molar-refractivity contribution in [1.29, 1.82) is 0 Å². The Morgan fingerprint density at radius 2 is 1.97 bits per heavy atom. The average Bonchev–Trinajstić information content (AvgIpc) is 3.38. The number of hydrogen-bond acceptors (Lipinski definition) is 6. The van der Waals surface area contributed by atoms with Gasteiger partial charge in [-0.15, -0.1) is 0 Å². The Kier molecular flexibility index (Phi) is 3.75. The summed E-state index contributed by atoms with van der Waals surface area (Å²) in [7, 11) is 0. The summed E-state index contributed by atoms with van der Waals surface area (Å²) in [5.41, 5.74) is 1.65. The van der Waals surface area contributed by atoms with Gasteiger partial charge in [-0.25, -0.2) is 14.2 Å². The van der Waals surface area contributed by atoms with E-state index in [4.69, 9.17) is 9.52 Å². The minimum absolute atomic E-state index is 0.172. The highest BCUT2D eigenvalue weighted by Crippen LogP contribution is 2.27. The molecule has 7 nitrogen and oxygen atoms in total. The molecule has 2 N–H and O–H groups in total. The number of hydrogen-bond donors (Lipinski definition) is 2. The molecule has 0 saturated heterocycles. The largest absolute Gasteiger partial charge is 0.507 e. The van der Waals surface area contributed by atoms with E-state index in [0.717, 1.165) is 11.0 Å². The van der Waals surface area contributed by atoms with Gasteiger partial charge in [0.1, 0.15) is 27.4 Å². The number of carboxylic acids is 1. The lowest BCUT2D eigenvalue weighted by molar-refractivity contribution is 0.0694. The molecule has 0 aliphatic heterocycles. The van der Waals surface area contributed by atoms with E-state index in [-0.39, 0.29) is 16.9 Å². The van der Waals surface area contributed by atoms with Crippen LogP contribution in [0.1, 0.15) is 16.1 Å². The van der Waals surface area contributed by atoms with Crippen molar-refractivity contribution < 1.29 is 19.4 Å². The summed E-state index contributed by atoms with van der Waals surface area (Å²) >= 11 is 1.27. The number of rotatable bonds is 3. The average molecular weight is 404 g/mol. The number of furan rings is 1. The van der Waals surface area contributed by atoms with Crippen LogP contribution in [0.15, 0.2) is 63.8 Å². The molecule has 0 aliphatic rings. The van der Waals surface area contributed by atoms with Crippen LogP contribution in [0.5, 0.6) is 5.75 Å². The van der Waals surface area contributed by atoms with E-state index in [9.17, 15) is 14.7 Å². The van der Waals surface area contributed by atoms with Gasteiger partial charge in [0.05, 0.1) is 11.0 Å². The van der Waals surface area contributed by atoms with Crippen LogP contribution in [0.3, 0.4) is 0 Å². The molecule has 0 unspecified atom stereocenters. The van der Waals surface area contributed by atoms with Crippen molar-refractivity contribution >= 4 is 39.4 Å². The van der Waals surface area contributed by atoms with E-state index in [1.54, 1.807) is 28.7 Å². The van der Waals surface area contributed by atoms with Crippen LogP contribution in [-0.2, 0) is 0 Å². The fraction of sp³-hybridized carbons (Fsp3) is 0. The van der Waals surface area contributed by atoms with Crippen LogP contribution >= 0.6 is 11.3 Å². The Balaban J connectivity index is 1.59. The van der Waals surface area contributed by atoms with Gasteiger partial charge >= 0.3 is 5.97 Å². The maximum Gasteiger partial charge on any atom is 0.339 e. The van der Waals surface area contributed by atoms with Gasteiger partial charge < -0.3 is 14.6 Å². The number of carbonyl (C=O) groups is 1. The number of benzene rings is 2. The Morgan fingerprint density at radius 3 is 2.79 bits per heavy atom. The Hall–Kier alpha value is -3.91. The SMILES string of the molecule is O=C(O)c1cc(-c2ccc(/C=c3\sc4nc5ccccc5n4c3=O)o2)ccc1O. The molecule has 29 heavy (non-hydrogen) atoms. The number of imidazole rings is 1. The normalized spacial score (nSPS) is 12.2. The number of thiazole rings is 1. The fourth-order valence-electron chi connectivity index (χ4n) is 3.19. The predicted octanol–water partition coefficient (Wildman–Crippen LogP) is 3.12. The molecule has 5 rings (SSSR count). The Labute approximate surface area is 166 Å². The van der Waals surface area contributed by atoms with Gasteiger partial charge in [0, 0.05) is 11.6 Å². The second-order valence-electron chi connectivity index (χ2n) is 6.37. The summed E-state index contributed by atoms with van der Waals surface area (Å²) in [4.78, 5) is 29.1. The van der Waals surface area contributed by atoms with Crippen molar-refractivity contribution in [1.82, 2.24) is 9.38 Å². The molecule has 0 fully saturated rings. The van der Waals surface area contributed by atoms with Gasteiger partial charge in [0.2, 0.25) is 0 Å². The van der Waals surface area contributed by atoms with Crippen molar-refractivity contribution in [3.05, 3.63) is 80.8 Å². The van der Waals surface area contributed by atoms with Gasteiger partial charge in [-0.05, 0) is 42.5 Å². The van der Waals surface area contributed by atoms with Crippen molar-refractivity contribution in [3.8, 4) is 17.1 Å². The molecule has 0 aliphatic carbocycles. The van der Waals surface area contributed by atoms with E-state index in [2.05, 4.69) is 4.98 Å². The molecule has 8 heteroatoms. The summed E-state index contributed by atoms with van der Waals surface area (Å²) in [5, 5.41) is 18.8. The van der Waals surface area contributed by atoms with Crippen LogP contribution in [0.2, 0.25) is 0 Å². The molecular formula is C21H12N2O5S. The maximum atomic E-state index is 12.8. The van der Waals surface area contributed by atoms with Crippen LogP contribution in [0, 0.1) is 0 Å². The van der Waals surface area contributed by atoms with E-state index >= 15 is 0 Å². The number of phenols is 1. The predicted molar refractivity (Wildman–Crippen MR) is 108 cm³/mol. The highest BCUT2D eigenvalue weighted by Gasteiger charge is 2.14. The lowest BCUT2D eigenvalue weighted by Crippen LogP contribution is -2.22. The number of nitrogens with zero attached hydrogens (tertiary/aromatic N) is 2. The molecular weight excluding hydrogens is 392 g/mol. The van der Waals surface area contributed by atoms with E-state index in [1.807, 2.05) is 24.3 Å². The summed E-state index contributed by atoms with van der Waals surface area (Å²) < 4.78 is 7.83. The highest BCUT2D eigenvalue weighted by molar-refractivity contribution is 7.15. The van der Waals surface area contributed by atoms with Gasteiger partial charge in [0.15, 0.2) is 4.96 Å². The zero-order valence-corrected chi connectivity index (χ0v) is 15.5. The van der Waals surface area contributed by atoms with Gasteiger partial charge in [0.25, 0.3) is 5.56 Å². The number of aromatic carboxylic acids is 1. The van der Waals surface area contributed by atoms with Gasteiger partial charge in [-0.3, -0.25) is 4.79 Å². The number of para-hydroxylation sites is 2. The number of fused-ring (bicyclic) bond motifs is 3. The molecule has 3 aromatic heterocycles. The number of aromatic hydroxyl groups is 1. The topological polar surface area (TPSA) is 105 Å². The maximum absolute atomic E-state index is 12.8. The van der Waals surface area contributed by atoms with Crippen molar-refractivity contribution in [2.24, 2.45) is 0 Å². The minimum Gasteiger partial charge on any atom is -0.507 e. The standard InChI is InChI=1S/C21H12N2O5S/c24-16-7-5-11(9-13(16)20(26)27)17-8-6-12(28-17)10-18-19(25)23-15-4-2-1-3-14(15)22-21(23)29-18/h1-10,24H,(H,26,27)/b18-10-. The van der Waals surface area contributed by atoms with Gasteiger partial charge in [-0.1, -0.05) is 23.5 Å². The monoisotopic (exact) mass is 404 g/mol. The third-order valence-electron chi connectivity index (χ3n) is 4.56. The lowest BCUT2D eigenvalue weighted by Gasteiger charge is -2.02. The van der Waals surface area contributed by atoms with E-state index in [0.29, 0.717) is 26.6 Å². The van der Waals surface area contributed by atoms with Crippen molar-refractivity contribution in [3.63, 3.8) is 0 Å². The van der Waals surface area contributed by atoms with Crippen molar-refractivity contribution in [2.45, 2.75) is 0 Å². The van der Waals surface area contributed by atoms with Crippen LogP contribution in [0.25, 0.3) is 33.4 Å². The zero-order valence-electron chi connectivity index (χ0n) is 14.7. The molecule has 0 saturated carbocycles. The Morgan fingerprint density at radius 1 is 1.14 bits per heavy atom. The van der Waals surface area contributed by atoms with Crippen LogP contribution in [-0.4, -0.2) is 25.6 Å². The Bertz CT molecular complexity index is 1530. The lowest BCUT2D eigenvalue weighted by atomic mass is 10.1. The summed E-state index contributed by atoms with van der Waals surface area (Å²) in [6.07, 6.45) is 1.64. The van der Waals surface area contributed by atoms with E-state index < -0.39 is 5.97 Å². The molecule has 0 spiro atoms. The first kappa shape index (κ1) is 17.2. The zero-order chi connectivity index (χ0) is 20.1. The summed E-state index contributed by atoms with van der Waals surface area (Å²) in [6, 6.07) is 15.0. The third kappa shape index (κ3) is 2.77. The smallest absolute Gasteiger partial charge is 0.339 e.